The van der Waals surface area contributed by atoms with Crippen LogP contribution in [0.15, 0.2) is 16.7 Å². The number of esters is 1. The minimum atomic E-state index is -0.502. The van der Waals surface area contributed by atoms with E-state index in [0.29, 0.717) is 18.1 Å². The highest BCUT2D eigenvalue weighted by Crippen LogP contribution is 2.24. The molecule has 0 aromatic carbocycles. The zero-order chi connectivity index (χ0) is 12.6. The van der Waals surface area contributed by atoms with E-state index in [-0.39, 0.29) is 5.69 Å². The Kier molecular flexibility index (Phi) is 3.06. The van der Waals surface area contributed by atoms with Crippen LogP contribution in [0.4, 0.5) is 5.82 Å². The molecule has 2 N–H and O–H groups in total. The second kappa shape index (κ2) is 4.37. The standard InChI is InChI=1S/C11H12BrN3O2/c1-3-17-11(16)8-9(13)15-5-6(2)4-7(12)10(15)14-8/h4-5H,3,13H2,1-2H3. The Labute approximate surface area is 107 Å². The normalized spacial score (nSPS) is 10.8. The quantitative estimate of drug-likeness (QED) is 0.863. The first-order valence-corrected chi connectivity index (χ1v) is 5.94. The van der Waals surface area contributed by atoms with Gasteiger partial charge in [0.1, 0.15) is 5.82 Å². The van der Waals surface area contributed by atoms with Crippen LogP contribution in [0.5, 0.6) is 0 Å². The summed E-state index contributed by atoms with van der Waals surface area (Å²) in [7, 11) is 0. The summed E-state index contributed by atoms with van der Waals surface area (Å²) in [4.78, 5) is 15.8. The number of aromatic nitrogens is 2. The van der Waals surface area contributed by atoms with E-state index in [1.165, 1.54) is 0 Å². The van der Waals surface area contributed by atoms with Crippen molar-refractivity contribution in [2.45, 2.75) is 13.8 Å². The van der Waals surface area contributed by atoms with Gasteiger partial charge in [-0.25, -0.2) is 9.78 Å². The third-order valence-electron chi connectivity index (χ3n) is 2.32. The van der Waals surface area contributed by atoms with Crippen molar-refractivity contribution in [3.63, 3.8) is 0 Å². The number of nitrogens with two attached hydrogens (primary N) is 1. The number of halogens is 1. The lowest BCUT2D eigenvalue weighted by Gasteiger charge is -2.01. The number of anilines is 1. The average molecular weight is 298 g/mol. The average Bonchev–Trinajstić information content (AvgIpc) is 2.57. The smallest absolute Gasteiger partial charge is 0.360 e. The molecule has 0 aliphatic carbocycles. The first-order valence-electron chi connectivity index (χ1n) is 5.15. The number of carbonyl (C=O) groups excluding carboxylic acids is 1. The van der Waals surface area contributed by atoms with Crippen molar-refractivity contribution in [3.05, 3.63) is 28.0 Å². The summed E-state index contributed by atoms with van der Waals surface area (Å²) in [5.41, 5.74) is 7.66. The number of imidazole rings is 1. The first-order chi connectivity index (χ1) is 8.04. The maximum Gasteiger partial charge on any atom is 0.360 e. The Bertz CT molecular complexity index is 592. The summed E-state index contributed by atoms with van der Waals surface area (Å²) in [5.74, 6) is -0.207. The predicted octanol–water partition coefficient (Wildman–Crippen LogP) is 2.16. The molecular formula is C11H12BrN3O2. The molecule has 0 radical (unpaired) electrons. The van der Waals surface area contributed by atoms with E-state index >= 15 is 0 Å². The van der Waals surface area contributed by atoms with Crippen LogP contribution in [0.3, 0.4) is 0 Å². The summed E-state index contributed by atoms with van der Waals surface area (Å²) < 4.78 is 7.36. The fraction of sp³-hybridized carbons (Fsp3) is 0.273. The molecule has 2 heterocycles. The molecule has 17 heavy (non-hydrogen) atoms. The van der Waals surface area contributed by atoms with Crippen molar-refractivity contribution in [2.75, 3.05) is 12.3 Å². The van der Waals surface area contributed by atoms with Crippen LogP contribution in [0, 0.1) is 6.92 Å². The van der Waals surface area contributed by atoms with Crippen molar-refractivity contribution in [3.8, 4) is 0 Å². The lowest BCUT2D eigenvalue weighted by Crippen LogP contribution is -2.08. The van der Waals surface area contributed by atoms with E-state index < -0.39 is 5.97 Å². The van der Waals surface area contributed by atoms with E-state index in [2.05, 4.69) is 20.9 Å². The van der Waals surface area contributed by atoms with Crippen molar-refractivity contribution >= 4 is 33.4 Å². The summed E-state index contributed by atoms with van der Waals surface area (Å²) in [6, 6.07) is 1.91. The minimum absolute atomic E-state index is 0.151. The van der Waals surface area contributed by atoms with E-state index in [0.717, 1.165) is 10.0 Å². The molecule has 5 nitrogen and oxygen atoms in total. The molecule has 0 spiro atoms. The molecule has 0 saturated heterocycles. The van der Waals surface area contributed by atoms with E-state index in [1.807, 2.05) is 19.2 Å². The number of hydrogen-bond donors (Lipinski definition) is 1. The van der Waals surface area contributed by atoms with Gasteiger partial charge in [0.25, 0.3) is 0 Å². The van der Waals surface area contributed by atoms with Crippen LogP contribution in [0.25, 0.3) is 5.65 Å². The molecule has 0 atom stereocenters. The zero-order valence-electron chi connectivity index (χ0n) is 9.53. The van der Waals surface area contributed by atoms with Gasteiger partial charge >= 0.3 is 5.97 Å². The number of pyridine rings is 1. The molecular weight excluding hydrogens is 286 g/mol. The zero-order valence-corrected chi connectivity index (χ0v) is 11.1. The third-order valence-corrected chi connectivity index (χ3v) is 2.90. The maximum absolute atomic E-state index is 11.6. The monoisotopic (exact) mass is 297 g/mol. The number of hydrogen-bond acceptors (Lipinski definition) is 4. The second-order valence-corrected chi connectivity index (χ2v) is 4.48. The van der Waals surface area contributed by atoms with E-state index in [1.54, 1.807) is 11.3 Å². The lowest BCUT2D eigenvalue weighted by atomic mass is 10.3. The van der Waals surface area contributed by atoms with Gasteiger partial charge < -0.3 is 10.5 Å². The Balaban J connectivity index is 2.64. The lowest BCUT2D eigenvalue weighted by molar-refractivity contribution is 0.0521. The number of nitrogens with zero attached hydrogens (tertiary/aromatic N) is 2. The van der Waals surface area contributed by atoms with Crippen LogP contribution < -0.4 is 5.73 Å². The fourth-order valence-electron chi connectivity index (χ4n) is 1.60. The third kappa shape index (κ3) is 2.00. The van der Waals surface area contributed by atoms with Crippen LogP contribution >= 0.6 is 15.9 Å². The van der Waals surface area contributed by atoms with Crippen LogP contribution in [-0.2, 0) is 4.74 Å². The van der Waals surface area contributed by atoms with Crippen molar-refractivity contribution in [1.29, 1.82) is 0 Å². The number of aryl methyl sites for hydroxylation is 1. The van der Waals surface area contributed by atoms with Gasteiger partial charge in [-0.3, -0.25) is 4.40 Å². The molecule has 0 aliphatic heterocycles. The Morgan fingerprint density at radius 1 is 1.65 bits per heavy atom. The highest BCUT2D eigenvalue weighted by Gasteiger charge is 2.19. The number of ether oxygens (including phenoxy) is 1. The summed E-state index contributed by atoms with van der Waals surface area (Å²) in [6.07, 6.45) is 1.82. The highest BCUT2D eigenvalue weighted by molar-refractivity contribution is 9.10. The van der Waals surface area contributed by atoms with Crippen LogP contribution in [0.1, 0.15) is 23.0 Å². The Hall–Kier alpha value is -1.56. The van der Waals surface area contributed by atoms with Gasteiger partial charge in [0, 0.05) is 6.20 Å². The van der Waals surface area contributed by atoms with E-state index in [4.69, 9.17) is 10.5 Å². The SMILES string of the molecule is CCOC(=O)c1nc2c(Br)cc(C)cn2c1N. The number of fused-ring (bicyclic) bond motifs is 1. The molecule has 90 valence electrons. The van der Waals surface area contributed by atoms with Crippen molar-refractivity contribution < 1.29 is 9.53 Å². The summed E-state index contributed by atoms with van der Waals surface area (Å²) >= 11 is 3.39. The fourth-order valence-corrected chi connectivity index (χ4v) is 2.24. The van der Waals surface area contributed by atoms with Crippen LogP contribution in [-0.4, -0.2) is 22.0 Å². The minimum Gasteiger partial charge on any atom is -0.461 e. The van der Waals surface area contributed by atoms with Gasteiger partial charge in [0.15, 0.2) is 11.3 Å². The molecule has 2 aromatic heterocycles. The topological polar surface area (TPSA) is 69.6 Å². The van der Waals surface area contributed by atoms with Gasteiger partial charge in [-0.2, -0.15) is 0 Å². The van der Waals surface area contributed by atoms with Crippen molar-refractivity contribution in [1.82, 2.24) is 9.38 Å². The first kappa shape index (κ1) is 11.9. The van der Waals surface area contributed by atoms with Gasteiger partial charge in [-0.15, -0.1) is 0 Å². The molecule has 0 amide bonds. The molecule has 0 aliphatic rings. The second-order valence-electron chi connectivity index (χ2n) is 3.63. The van der Waals surface area contributed by atoms with Crippen LogP contribution in [0.2, 0.25) is 0 Å². The summed E-state index contributed by atoms with van der Waals surface area (Å²) in [5, 5.41) is 0. The molecule has 0 saturated carbocycles. The predicted molar refractivity (Wildman–Crippen MR) is 68.0 cm³/mol. The number of nitrogen functional groups attached to an aromatic ring is 1. The van der Waals surface area contributed by atoms with Crippen molar-refractivity contribution in [2.24, 2.45) is 0 Å². The maximum atomic E-state index is 11.6. The van der Waals surface area contributed by atoms with E-state index in [9.17, 15) is 4.79 Å². The van der Waals surface area contributed by atoms with Gasteiger partial charge in [0.2, 0.25) is 0 Å². The molecule has 6 heteroatoms. The largest absolute Gasteiger partial charge is 0.461 e. The van der Waals surface area contributed by atoms with Gasteiger partial charge in [0.05, 0.1) is 11.1 Å². The molecule has 2 aromatic rings. The summed E-state index contributed by atoms with van der Waals surface area (Å²) in [6.45, 7) is 3.98. The molecule has 0 unspecified atom stereocenters. The molecule has 0 bridgehead atoms. The Morgan fingerprint density at radius 2 is 2.35 bits per heavy atom. The highest BCUT2D eigenvalue weighted by atomic mass is 79.9. The van der Waals surface area contributed by atoms with Gasteiger partial charge in [-0.05, 0) is 41.4 Å². The molecule has 0 fully saturated rings. The Morgan fingerprint density at radius 3 is 3.00 bits per heavy atom. The molecule has 2 rings (SSSR count). The number of rotatable bonds is 2. The van der Waals surface area contributed by atoms with Gasteiger partial charge in [-0.1, -0.05) is 0 Å². The number of carbonyl (C=O) groups is 1.